The lowest BCUT2D eigenvalue weighted by molar-refractivity contribution is 0.399. The second-order valence-electron chi connectivity index (χ2n) is 5.23. The van der Waals surface area contributed by atoms with E-state index in [1.54, 1.807) is 10.6 Å². The maximum absolute atomic E-state index is 11.9. The van der Waals surface area contributed by atoms with Crippen LogP contribution in [-0.4, -0.2) is 37.8 Å². The van der Waals surface area contributed by atoms with Gasteiger partial charge in [-0.25, -0.2) is 4.79 Å². The van der Waals surface area contributed by atoms with E-state index < -0.39 is 0 Å². The van der Waals surface area contributed by atoms with Crippen LogP contribution in [0.4, 0.5) is 5.82 Å². The van der Waals surface area contributed by atoms with Crippen molar-refractivity contribution in [3.63, 3.8) is 0 Å². The highest BCUT2D eigenvalue weighted by molar-refractivity contribution is 6.39. The molecule has 0 unspecified atom stereocenters. The summed E-state index contributed by atoms with van der Waals surface area (Å²) in [4.78, 5) is 17.8. The number of rotatable bonds is 0. The van der Waals surface area contributed by atoms with Crippen molar-refractivity contribution in [3.8, 4) is 0 Å². The molecule has 0 radical (unpaired) electrons. The Morgan fingerprint density at radius 1 is 1.44 bits per heavy atom. The molecule has 0 atom stereocenters. The molecule has 0 saturated carbocycles. The molecule has 0 aliphatic carbocycles. The van der Waals surface area contributed by atoms with Crippen LogP contribution in [0, 0.1) is 0 Å². The Bertz CT molecular complexity index is 512. The maximum Gasteiger partial charge on any atom is 0.349 e. The van der Waals surface area contributed by atoms with Crippen molar-refractivity contribution < 1.29 is 0 Å². The summed E-state index contributed by atoms with van der Waals surface area (Å²) in [7, 11) is 6.05. The van der Waals surface area contributed by atoms with E-state index in [4.69, 9.17) is 11.6 Å². The van der Waals surface area contributed by atoms with Gasteiger partial charge in [0.2, 0.25) is 0 Å². The summed E-state index contributed by atoms with van der Waals surface area (Å²) in [5.41, 5.74) is -0.448. The Morgan fingerprint density at radius 3 is 2.56 bits per heavy atom. The first kappa shape index (κ1) is 11.6. The molecule has 1 aliphatic heterocycles. The average molecular weight is 237 g/mol. The van der Waals surface area contributed by atoms with E-state index in [-0.39, 0.29) is 21.7 Å². The predicted molar refractivity (Wildman–Crippen MR) is 71.1 cm³/mol. The number of fused-ring (bicyclic) bond motifs is 1. The van der Waals surface area contributed by atoms with Crippen molar-refractivity contribution in [2.45, 2.75) is 24.7 Å². The SMILES string of the molecule is BC1(B)n2c(cc(Cl)nc2=O)N(C)C1(C)C. The fraction of sp³-hybridized carbons (Fsp3) is 0.556. The average Bonchev–Trinajstić information content (AvgIpc) is 2.25. The zero-order chi connectivity index (χ0) is 12.3. The summed E-state index contributed by atoms with van der Waals surface area (Å²) >= 11 is 5.83. The van der Waals surface area contributed by atoms with Crippen molar-refractivity contribution in [1.82, 2.24) is 9.55 Å². The molecule has 0 aromatic carbocycles. The number of aromatic nitrogens is 2. The molecule has 0 bridgehead atoms. The molecule has 2 heterocycles. The number of hydrogen-bond donors (Lipinski definition) is 0. The quantitative estimate of drug-likeness (QED) is 0.429. The Hall–Kier alpha value is -0.900. The van der Waals surface area contributed by atoms with Crippen molar-refractivity contribution in [2.75, 3.05) is 11.9 Å². The smallest absolute Gasteiger partial charge is 0.349 e. The molecule has 0 amide bonds. The van der Waals surface area contributed by atoms with Crippen molar-refractivity contribution in [3.05, 3.63) is 21.7 Å². The van der Waals surface area contributed by atoms with Gasteiger partial charge >= 0.3 is 5.69 Å². The number of likely N-dealkylation sites (N-methyl/N-ethyl adjacent to an activating group) is 1. The zero-order valence-electron chi connectivity index (χ0n) is 10.2. The van der Waals surface area contributed by atoms with Gasteiger partial charge in [0, 0.05) is 24.0 Å². The van der Waals surface area contributed by atoms with Crippen LogP contribution < -0.4 is 10.6 Å². The summed E-state index contributed by atoms with van der Waals surface area (Å²) in [5.74, 6) is 0.819. The van der Waals surface area contributed by atoms with Crippen LogP contribution in [0.3, 0.4) is 0 Å². The van der Waals surface area contributed by atoms with E-state index in [1.807, 2.05) is 22.7 Å². The largest absolute Gasteiger partial charge is 0.355 e. The third-order valence-corrected chi connectivity index (χ3v) is 4.30. The molecule has 1 aromatic heterocycles. The van der Waals surface area contributed by atoms with E-state index in [9.17, 15) is 4.79 Å². The van der Waals surface area contributed by atoms with Gasteiger partial charge < -0.3 is 4.90 Å². The van der Waals surface area contributed by atoms with Crippen LogP contribution in [0.15, 0.2) is 10.9 Å². The second kappa shape index (κ2) is 3.06. The van der Waals surface area contributed by atoms with Crippen LogP contribution in [-0.2, 0) is 5.34 Å². The first-order valence-electron chi connectivity index (χ1n) is 5.23. The number of halogens is 1. The molecule has 0 fully saturated rings. The molecule has 84 valence electrons. The summed E-state index contributed by atoms with van der Waals surface area (Å²) in [6.45, 7) is 4.21. The van der Waals surface area contributed by atoms with E-state index in [0.29, 0.717) is 0 Å². The third-order valence-electron chi connectivity index (χ3n) is 4.11. The van der Waals surface area contributed by atoms with E-state index in [2.05, 4.69) is 23.7 Å². The van der Waals surface area contributed by atoms with Gasteiger partial charge in [0.15, 0.2) is 0 Å². The van der Waals surface area contributed by atoms with Crippen LogP contribution >= 0.6 is 11.6 Å². The minimum atomic E-state index is -0.314. The lowest BCUT2D eigenvalue weighted by Gasteiger charge is -2.39. The minimum absolute atomic E-state index is 0.161. The molecule has 16 heavy (non-hydrogen) atoms. The monoisotopic (exact) mass is 237 g/mol. The fourth-order valence-corrected chi connectivity index (χ4v) is 2.36. The topological polar surface area (TPSA) is 38.1 Å². The standard InChI is InChI=1S/C9H14B2ClN3O/c1-8(2)9(10,11)15-6(14(8)3)4-5(12)13-7(15)16/h4H,10-11H2,1-3H3. The highest BCUT2D eigenvalue weighted by atomic mass is 35.5. The summed E-state index contributed by atoms with van der Waals surface area (Å²) in [5, 5.41) is -0.0669. The van der Waals surface area contributed by atoms with Crippen molar-refractivity contribution in [1.29, 1.82) is 0 Å². The van der Waals surface area contributed by atoms with E-state index in [0.717, 1.165) is 5.82 Å². The van der Waals surface area contributed by atoms with Gasteiger partial charge in [-0.3, -0.25) is 4.57 Å². The molecule has 7 heteroatoms. The van der Waals surface area contributed by atoms with Crippen LogP contribution in [0.1, 0.15) is 13.8 Å². The van der Waals surface area contributed by atoms with Gasteiger partial charge in [-0.2, -0.15) is 4.98 Å². The van der Waals surface area contributed by atoms with Gasteiger partial charge in [-0.05, 0) is 13.8 Å². The first-order chi connectivity index (χ1) is 7.19. The van der Waals surface area contributed by atoms with E-state index in [1.165, 1.54) is 0 Å². The Balaban J connectivity index is 2.83. The fourth-order valence-electron chi connectivity index (χ4n) is 2.19. The zero-order valence-corrected chi connectivity index (χ0v) is 11.0. The first-order valence-corrected chi connectivity index (χ1v) is 5.61. The molecule has 2 rings (SSSR count). The second-order valence-corrected chi connectivity index (χ2v) is 5.62. The molecule has 1 aromatic rings. The number of hydrogen-bond acceptors (Lipinski definition) is 3. The highest BCUT2D eigenvalue weighted by Gasteiger charge is 2.49. The van der Waals surface area contributed by atoms with Gasteiger partial charge in [0.1, 0.15) is 26.7 Å². The molecular formula is C9H14B2ClN3O. The number of nitrogens with zero attached hydrogens (tertiary/aromatic N) is 3. The van der Waals surface area contributed by atoms with Gasteiger partial charge in [-0.15, -0.1) is 0 Å². The van der Waals surface area contributed by atoms with Crippen molar-refractivity contribution in [2.24, 2.45) is 0 Å². The van der Waals surface area contributed by atoms with Gasteiger partial charge in [0.05, 0.1) is 0 Å². The van der Waals surface area contributed by atoms with Gasteiger partial charge in [-0.1, -0.05) is 11.6 Å². The molecule has 0 saturated heterocycles. The number of anilines is 1. The maximum atomic E-state index is 11.9. The van der Waals surface area contributed by atoms with Gasteiger partial charge in [0.25, 0.3) is 0 Å². The molecule has 0 spiro atoms. The lowest BCUT2D eigenvalue weighted by Crippen LogP contribution is -2.57. The molecule has 0 N–H and O–H groups in total. The van der Waals surface area contributed by atoms with Crippen LogP contribution in [0.2, 0.25) is 5.15 Å². The summed E-state index contributed by atoms with van der Waals surface area (Å²) in [6, 6.07) is 1.74. The summed E-state index contributed by atoms with van der Waals surface area (Å²) in [6.07, 6.45) is 0. The molecule has 1 aliphatic rings. The normalized spacial score (nSPS) is 20.9. The molecule has 4 nitrogen and oxygen atoms in total. The van der Waals surface area contributed by atoms with Crippen LogP contribution in [0.25, 0.3) is 0 Å². The van der Waals surface area contributed by atoms with Crippen molar-refractivity contribution >= 4 is 33.1 Å². The summed E-state index contributed by atoms with van der Waals surface area (Å²) < 4.78 is 1.71. The Kier molecular flexibility index (Phi) is 2.22. The van der Waals surface area contributed by atoms with Crippen LogP contribution in [0.5, 0.6) is 0 Å². The Morgan fingerprint density at radius 2 is 2.00 bits per heavy atom. The highest BCUT2D eigenvalue weighted by Crippen LogP contribution is 2.40. The third kappa shape index (κ3) is 1.19. The Labute approximate surface area is 101 Å². The van der Waals surface area contributed by atoms with E-state index >= 15 is 0 Å². The molecular weight excluding hydrogens is 223 g/mol. The lowest BCUT2D eigenvalue weighted by atomic mass is 9.53. The minimum Gasteiger partial charge on any atom is -0.355 e. The predicted octanol–water partition coefficient (Wildman–Crippen LogP) is -0.998.